The van der Waals surface area contributed by atoms with Crippen molar-refractivity contribution >= 4 is 25.8 Å². The number of nitrogens with zero attached hydrogens (tertiary/aromatic N) is 2. The van der Waals surface area contributed by atoms with Crippen LogP contribution in [0.5, 0.6) is 0 Å². The molecule has 1 aromatic heterocycles. The summed E-state index contributed by atoms with van der Waals surface area (Å²) < 4.78 is 25.5. The molecule has 0 amide bonds. The monoisotopic (exact) mass is 352 g/mol. The fraction of sp³-hybridized carbons (Fsp3) is 0.727. The first kappa shape index (κ1) is 16.6. The normalized spacial score (nSPS) is 14.6. The Balaban J connectivity index is 3.36. The number of halogens is 1. The van der Waals surface area contributed by atoms with Crippen LogP contribution in [0.1, 0.15) is 38.9 Å². The summed E-state index contributed by atoms with van der Waals surface area (Å²) in [6, 6.07) is -0.550. The lowest BCUT2D eigenvalue weighted by Gasteiger charge is -2.32. The van der Waals surface area contributed by atoms with Crippen LogP contribution in [0.4, 0.5) is 0 Å². The van der Waals surface area contributed by atoms with Crippen molar-refractivity contribution in [2.45, 2.75) is 44.5 Å². The highest BCUT2D eigenvalue weighted by atomic mass is 79.9. The van der Waals surface area contributed by atoms with Crippen LogP contribution in [0.3, 0.4) is 0 Å². The van der Waals surface area contributed by atoms with Gasteiger partial charge in [0.1, 0.15) is 0 Å². The van der Waals surface area contributed by atoms with Gasteiger partial charge in [-0.15, -0.1) is 0 Å². The third-order valence-corrected chi connectivity index (χ3v) is 6.12. The van der Waals surface area contributed by atoms with E-state index in [4.69, 9.17) is 5.84 Å². The Kier molecular flexibility index (Phi) is 5.16. The van der Waals surface area contributed by atoms with Gasteiger partial charge in [0.15, 0.2) is 9.84 Å². The molecule has 0 radical (unpaired) electrons. The summed E-state index contributed by atoms with van der Waals surface area (Å²) in [5.74, 6) is 5.60. The van der Waals surface area contributed by atoms with Gasteiger partial charge in [-0.05, 0) is 36.2 Å². The van der Waals surface area contributed by atoms with Gasteiger partial charge in [0.05, 0.1) is 27.2 Å². The lowest BCUT2D eigenvalue weighted by molar-refractivity contribution is 0.395. The lowest BCUT2D eigenvalue weighted by Crippen LogP contribution is -2.48. The zero-order valence-corrected chi connectivity index (χ0v) is 14.0. The maximum Gasteiger partial charge on any atom is 0.154 e. The molecule has 6 nitrogen and oxygen atoms in total. The average molecular weight is 353 g/mol. The Bertz CT molecular complexity index is 539. The predicted octanol–water partition coefficient (Wildman–Crippen LogP) is 1.38. The molecular weight excluding hydrogens is 332 g/mol. The molecule has 1 atom stereocenters. The van der Waals surface area contributed by atoms with Crippen molar-refractivity contribution in [2.75, 3.05) is 6.26 Å². The van der Waals surface area contributed by atoms with Crippen LogP contribution in [-0.2, 0) is 16.4 Å². The van der Waals surface area contributed by atoms with E-state index in [1.807, 2.05) is 6.92 Å². The molecule has 0 fully saturated rings. The molecule has 110 valence electrons. The van der Waals surface area contributed by atoms with E-state index in [0.717, 1.165) is 16.6 Å². The summed E-state index contributed by atoms with van der Waals surface area (Å²) in [6.07, 6.45) is 3.77. The van der Waals surface area contributed by atoms with E-state index >= 15 is 0 Å². The summed E-state index contributed by atoms with van der Waals surface area (Å²) >= 11 is 3.41. The van der Waals surface area contributed by atoms with Gasteiger partial charge >= 0.3 is 0 Å². The maximum atomic E-state index is 12.0. The van der Waals surface area contributed by atoms with E-state index in [1.165, 1.54) is 6.26 Å². The molecule has 0 aromatic carbocycles. The van der Waals surface area contributed by atoms with Crippen LogP contribution in [-0.4, -0.2) is 29.2 Å². The summed E-state index contributed by atoms with van der Waals surface area (Å²) in [5.41, 5.74) is 3.37. The topological polar surface area (TPSA) is 90.0 Å². The SMILES string of the molecule is CCCn1ncc(Br)c1C(NN)C(C)(C)S(C)(=O)=O. The number of rotatable bonds is 6. The highest BCUT2D eigenvalue weighted by molar-refractivity contribution is 9.10. The molecule has 0 bridgehead atoms. The largest absolute Gasteiger partial charge is 0.271 e. The number of hydrazine groups is 1. The molecule has 1 unspecified atom stereocenters. The van der Waals surface area contributed by atoms with Crippen molar-refractivity contribution in [2.24, 2.45) is 5.84 Å². The molecule has 1 aromatic rings. The first-order valence-corrected chi connectivity index (χ1v) is 8.72. The van der Waals surface area contributed by atoms with Crippen molar-refractivity contribution in [3.63, 3.8) is 0 Å². The van der Waals surface area contributed by atoms with Gasteiger partial charge in [0.25, 0.3) is 0 Å². The second kappa shape index (κ2) is 5.90. The van der Waals surface area contributed by atoms with Crippen molar-refractivity contribution < 1.29 is 8.42 Å². The highest BCUT2D eigenvalue weighted by Gasteiger charge is 2.42. The van der Waals surface area contributed by atoms with Crippen LogP contribution in [0.25, 0.3) is 0 Å². The molecule has 0 spiro atoms. The standard InChI is InChI=1S/C11H21BrN4O2S/c1-5-6-16-9(8(12)7-14-16)10(15-13)11(2,3)19(4,17)18/h7,10,15H,5-6,13H2,1-4H3. The van der Waals surface area contributed by atoms with Crippen molar-refractivity contribution in [1.29, 1.82) is 0 Å². The molecule has 1 heterocycles. The molecule has 0 aliphatic rings. The number of aromatic nitrogens is 2. The summed E-state index contributed by atoms with van der Waals surface area (Å²) in [5, 5.41) is 4.25. The second-order valence-electron chi connectivity index (χ2n) is 5.08. The Morgan fingerprint density at radius 2 is 2.16 bits per heavy atom. The van der Waals surface area contributed by atoms with Crippen LogP contribution in [0.2, 0.25) is 0 Å². The van der Waals surface area contributed by atoms with Crippen LogP contribution in [0.15, 0.2) is 10.7 Å². The number of sulfone groups is 1. The fourth-order valence-corrected chi connectivity index (χ4v) is 3.00. The minimum Gasteiger partial charge on any atom is -0.271 e. The Morgan fingerprint density at radius 3 is 2.58 bits per heavy atom. The molecular formula is C11H21BrN4O2S. The fourth-order valence-electron chi connectivity index (χ4n) is 1.87. The van der Waals surface area contributed by atoms with E-state index in [0.29, 0.717) is 6.54 Å². The van der Waals surface area contributed by atoms with Gasteiger partial charge < -0.3 is 0 Å². The quantitative estimate of drug-likeness (QED) is 0.596. The average Bonchev–Trinajstić information content (AvgIpc) is 2.61. The molecule has 0 saturated carbocycles. The van der Waals surface area contributed by atoms with Gasteiger partial charge in [-0.25, -0.2) is 13.8 Å². The number of nitrogens with two attached hydrogens (primary N) is 1. The molecule has 19 heavy (non-hydrogen) atoms. The van der Waals surface area contributed by atoms with E-state index in [1.54, 1.807) is 24.7 Å². The molecule has 8 heteroatoms. The molecule has 0 saturated heterocycles. The van der Waals surface area contributed by atoms with Crippen molar-refractivity contribution in [1.82, 2.24) is 15.2 Å². The number of aryl methyl sites for hydroxylation is 1. The van der Waals surface area contributed by atoms with E-state index in [-0.39, 0.29) is 0 Å². The third-order valence-electron chi connectivity index (χ3n) is 3.36. The summed E-state index contributed by atoms with van der Waals surface area (Å²) in [7, 11) is -3.29. The number of nitrogens with one attached hydrogen (secondary N) is 1. The van der Waals surface area contributed by atoms with Gasteiger partial charge in [-0.2, -0.15) is 5.10 Å². The van der Waals surface area contributed by atoms with Gasteiger partial charge in [0.2, 0.25) is 0 Å². The Morgan fingerprint density at radius 1 is 1.58 bits per heavy atom. The van der Waals surface area contributed by atoms with Gasteiger partial charge in [-0.1, -0.05) is 6.92 Å². The first-order valence-electron chi connectivity index (χ1n) is 6.03. The zero-order valence-electron chi connectivity index (χ0n) is 11.6. The van der Waals surface area contributed by atoms with E-state index in [9.17, 15) is 8.42 Å². The predicted molar refractivity (Wildman–Crippen MR) is 79.2 cm³/mol. The van der Waals surface area contributed by atoms with Gasteiger partial charge in [-0.3, -0.25) is 10.5 Å². The molecule has 0 aliphatic carbocycles. The zero-order chi connectivity index (χ0) is 14.8. The third kappa shape index (κ3) is 3.18. The maximum absolute atomic E-state index is 12.0. The van der Waals surface area contributed by atoms with E-state index in [2.05, 4.69) is 26.5 Å². The van der Waals surface area contributed by atoms with Crippen LogP contribution >= 0.6 is 15.9 Å². The number of hydrogen-bond donors (Lipinski definition) is 2. The van der Waals surface area contributed by atoms with Crippen molar-refractivity contribution in [3.8, 4) is 0 Å². The molecule has 3 N–H and O–H groups in total. The minimum atomic E-state index is -3.29. The Hall–Kier alpha value is -0.440. The molecule has 0 aliphatic heterocycles. The summed E-state index contributed by atoms with van der Waals surface area (Å²) in [4.78, 5) is 0. The van der Waals surface area contributed by atoms with Crippen molar-refractivity contribution in [3.05, 3.63) is 16.4 Å². The van der Waals surface area contributed by atoms with Crippen LogP contribution in [0, 0.1) is 0 Å². The lowest BCUT2D eigenvalue weighted by atomic mass is 10.0. The minimum absolute atomic E-state index is 0.550. The Labute approximate surface area is 122 Å². The van der Waals surface area contributed by atoms with Gasteiger partial charge in [0, 0.05) is 12.8 Å². The molecule has 1 rings (SSSR count). The summed E-state index contributed by atoms with van der Waals surface area (Å²) in [6.45, 7) is 6.05. The second-order valence-corrected chi connectivity index (χ2v) is 8.53. The highest BCUT2D eigenvalue weighted by Crippen LogP contribution is 2.35. The van der Waals surface area contributed by atoms with E-state index < -0.39 is 20.6 Å². The first-order chi connectivity index (χ1) is 8.66. The number of hydrogen-bond acceptors (Lipinski definition) is 5. The van der Waals surface area contributed by atoms with Crippen LogP contribution < -0.4 is 11.3 Å². The smallest absolute Gasteiger partial charge is 0.154 e.